The number of benzene rings is 1. The molecule has 1 heterocycles. The monoisotopic (exact) mass is 386 g/mol. The number of anilines is 1. The van der Waals surface area contributed by atoms with Crippen LogP contribution in [0, 0.1) is 0 Å². The molecule has 0 bridgehead atoms. The minimum atomic E-state index is -0.459. The van der Waals surface area contributed by atoms with E-state index in [1.807, 2.05) is 12.1 Å². The number of nitrogens with two attached hydrogens (primary N) is 1. The van der Waals surface area contributed by atoms with Crippen LogP contribution in [0.5, 0.6) is 5.75 Å². The maximum absolute atomic E-state index is 12.2. The Labute approximate surface area is 163 Å². The van der Waals surface area contributed by atoms with Crippen LogP contribution >= 0.6 is 11.3 Å². The largest absolute Gasteiger partial charge is 0.494 e. The standard InChI is InChI=1S/C21H26N2O3S/c1-2-5-14-9-11-15(12-10-14)26-13-4-8-18(24)23-21-19(20(22)25)16-6-3-7-17(16)27-21/h9-12H,2-8,13H2,1H3,(H2,22,25)(H,23,24). The lowest BCUT2D eigenvalue weighted by molar-refractivity contribution is -0.116. The van der Waals surface area contributed by atoms with Crippen molar-refractivity contribution in [2.75, 3.05) is 11.9 Å². The summed E-state index contributed by atoms with van der Waals surface area (Å²) in [6.07, 6.45) is 6.02. The number of fused-ring (bicyclic) bond motifs is 1. The molecule has 1 aliphatic carbocycles. The number of carbonyl (C=O) groups is 2. The topological polar surface area (TPSA) is 81.4 Å². The summed E-state index contributed by atoms with van der Waals surface area (Å²) >= 11 is 1.48. The number of hydrogen-bond donors (Lipinski definition) is 2. The number of nitrogens with one attached hydrogen (secondary N) is 1. The highest BCUT2D eigenvalue weighted by Gasteiger charge is 2.25. The molecule has 0 fully saturated rings. The molecule has 144 valence electrons. The van der Waals surface area contributed by atoms with Crippen LogP contribution in [0.4, 0.5) is 5.00 Å². The SMILES string of the molecule is CCCc1ccc(OCCCC(=O)Nc2sc3c(c2C(N)=O)CCC3)cc1. The van der Waals surface area contributed by atoms with E-state index in [0.29, 0.717) is 30.0 Å². The Bertz CT molecular complexity index is 812. The van der Waals surface area contributed by atoms with E-state index in [0.717, 1.165) is 43.4 Å². The lowest BCUT2D eigenvalue weighted by Gasteiger charge is -2.08. The Kier molecular flexibility index (Phi) is 6.50. The third-order valence-corrected chi connectivity index (χ3v) is 5.91. The summed E-state index contributed by atoms with van der Waals surface area (Å²) in [5.74, 6) is 0.250. The molecular weight excluding hydrogens is 360 g/mol. The second-order valence-corrected chi connectivity index (χ2v) is 7.93. The lowest BCUT2D eigenvalue weighted by atomic mass is 10.1. The third kappa shape index (κ3) is 4.89. The Morgan fingerprint density at radius 1 is 1.22 bits per heavy atom. The molecule has 1 aliphatic rings. The zero-order valence-corrected chi connectivity index (χ0v) is 16.5. The first-order chi connectivity index (χ1) is 13.1. The van der Waals surface area contributed by atoms with Gasteiger partial charge >= 0.3 is 0 Å². The highest BCUT2D eigenvalue weighted by Crippen LogP contribution is 2.38. The van der Waals surface area contributed by atoms with Crippen LogP contribution in [0.2, 0.25) is 0 Å². The summed E-state index contributed by atoms with van der Waals surface area (Å²) < 4.78 is 5.70. The summed E-state index contributed by atoms with van der Waals surface area (Å²) in [5, 5.41) is 3.47. The van der Waals surface area contributed by atoms with Crippen molar-refractivity contribution in [2.45, 2.75) is 51.9 Å². The van der Waals surface area contributed by atoms with Gasteiger partial charge < -0.3 is 15.8 Å². The Morgan fingerprint density at radius 3 is 2.70 bits per heavy atom. The number of primary amides is 1. The van der Waals surface area contributed by atoms with Crippen molar-refractivity contribution in [3.05, 3.63) is 45.8 Å². The fourth-order valence-electron chi connectivity index (χ4n) is 3.41. The van der Waals surface area contributed by atoms with Gasteiger partial charge in [-0.2, -0.15) is 0 Å². The number of hydrogen-bond acceptors (Lipinski definition) is 4. The van der Waals surface area contributed by atoms with Gasteiger partial charge in [-0.05, 0) is 55.4 Å². The van der Waals surface area contributed by atoms with Gasteiger partial charge in [0, 0.05) is 11.3 Å². The molecular formula is C21H26N2O3S. The van der Waals surface area contributed by atoms with Gasteiger partial charge in [-0.1, -0.05) is 25.5 Å². The minimum Gasteiger partial charge on any atom is -0.494 e. The van der Waals surface area contributed by atoms with Crippen molar-refractivity contribution < 1.29 is 14.3 Å². The van der Waals surface area contributed by atoms with Gasteiger partial charge in [0.15, 0.2) is 0 Å². The van der Waals surface area contributed by atoms with Crippen LogP contribution in [-0.4, -0.2) is 18.4 Å². The number of ether oxygens (including phenoxy) is 1. The number of thiophene rings is 1. The van der Waals surface area contributed by atoms with E-state index < -0.39 is 5.91 Å². The van der Waals surface area contributed by atoms with Crippen LogP contribution in [0.3, 0.4) is 0 Å². The summed E-state index contributed by atoms with van der Waals surface area (Å²) in [5.41, 5.74) is 8.35. The summed E-state index contributed by atoms with van der Waals surface area (Å²) in [7, 11) is 0. The Morgan fingerprint density at radius 2 is 2.00 bits per heavy atom. The van der Waals surface area contributed by atoms with Gasteiger partial charge in [-0.15, -0.1) is 11.3 Å². The molecule has 3 rings (SSSR count). The van der Waals surface area contributed by atoms with Crippen molar-refractivity contribution in [3.8, 4) is 5.75 Å². The van der Waals surface area contributed by atoms with E-state index >= 15 is 0 Å². The van der Waals surface area contributed by atoms with Gasteiger partial charge in [0.2, 0.25) is 5.91 Å². The van der Waals surface area contributed by atoms with E-state index in [9.17, 15) is 9.59 Å². The van der Waals surface area contributed by atoms with Crippen molar-refractivity contribution in [1.82, 2.24) is 0 Å². The predicted molar refractivity (Wildman–Crippen MR) is 109 cm³/mol. The average molecular weight is 387 g/mol. The number of aryl methyl sites for hydroxylation is 2. The molecule has 0 unspecified atom stereocenters. The summed E-state index contributed by atoms with van der Waals surface area (Å²) in [6.45, 7) is 2.63. The molecule has 1 aromatic heterocycles. The van der Waals surface area contributed by atoms with Gasteiger partial charge in [0.25, 0.3) is 5.91 Å². The highest BCUT2D eigenvalue weighted by molar-refractivity contribution is 7.17. The molecule has 2 aromatic rings. The maximum Gasteiger partial charge on any atom is 0.251 e. The van der Waals surface area contributed by atoms with Crippen molar-refractivity contribution in [1.29, 1.82) is 0 Å². The van der Waals surface area contributed by atoms with E-state index in [-0.39, 0.29) is 5.91 Å². The average Bonchev–Trinajstić information content (AvgIpc) is 3.20. The van der Waals surface area contributed by atoms with Gasteiger partial charge in [-0.3, -0.25) is 9.59 Å². The van der Waals surface area contributed by atoms with Crippen molar-refractivity contribution in [3.63, 3.8) is 0 Å². The zero-order valence-electron chi connectivity index (χ0n) is 15.7. The molecule has 0 saturated carbocycles. The van der Waals surface area contributed by atoms with Gasteiger partial charge in [0.05, 0.1) is 12.2 Å². The lowest BCUT2D eigenvalue weighted by Crippen LogP contribution is -2.18. The second kappa shape index (κ2) is 9.04. The first-order valence-electron chi connectivity index (χ1n) is 9.54. The number of carbonyl (C=O) groups excluding carboxylic acids is 2. The van der Waals surface area contributed by atoms with E-state index in [1.165, 1.54) is 21.8 Å². The number of amides is 2. The second-order valence-electron chi connectivity index (χ2n) is 6.82. The van der Waals surface area contributed by atoms with Crippen LogP contribution in [0.25, 0.3) is 0 Å². The van der Waals surface area contributed by atoms with Crippen molar-refractivity contribution >= 4 is 28.2 Å². The quantitative estimate of drug-likeness (QED) is 0.637. The molecule has 5 nitrogen and oxygen atoms in total. The molecule has 0 atom stereocenters. The fourth-order valence-corrected chi connectivity index (χ4v) is 4.72. The van der Waals surface area contributed by atoms with Gasteiger partial charge in [-0.25, -0.2) is 0 Å². The van der Waals surface area contributed by atoms with Crippen molar-refractivity contribution in [2.24, 2.45) is 5.73 Å². The minimum absolute atomic E-state index is 0.112. The summed E-state index contributed by atoms with van der Waals surface area (Å²) in [4.78, 5) is 25.2. The molecule has 0 radical (unpaired) electrons. The Balaban J connectivity index is 1.46. The molecule has 3 N–H and O–H groups in total. The predicted octanol–water partition coefficient (Wildman–Crippen LogP) is 4.09. The van der Waals surface area contributed by atoms with Crippen LogP contribution < -0.4 is 15.8 Å². The molecule has 0 spiro atoms. The maximum atomic E-state index is 12.2. The summed E-state index contributed by atoms with van der Waals surface area (Å²) in [6, 6.07) is 8.09. The molecule has 1 aromatic carbocycles. The van der Waals surface area contributed by atoms with Crippen LogP contribution in [-0.2, 0) is 24.1 Å². The van der Waals surface area contributed by atoms with Gasteiger partial charge in [0.1, 0.15) is 10.8 Å². The molecule has 27 heavy (non-hydrogen) atoms. The Hall–Kier alpha value is -2.34. The zero-order chi connectivity index (χ0) is 19.2. The first kappa shape index (κ1) is 19.4. The molecule has 2 amide bonds. The van der Waals surface area contributed by atoms with Crippen LogP contribution in [0.15, 0.2) is 24.3 Å². The highest BCUT2D eigenvalue weighted by atomic mass is 32.1. The number of rotatable bonds is 9. The van der Waals surface area contributed by atoms with E-state index in [4.69, 9.17) is 10.5 Å². The third-order valence-electron chi connectivity index (χ3n) is 4.70. The first-order valence-corrected chi connectivity index (χ1v) is 10.4. The smallest absolute Gasteiger partial charge is 0.251 e. The van der Waals surface area contributed by atoms with E-state index in [1.54, 1.807) is 0 Å². The molecule has 6 heteroatoms. The fraction of sp³-hybridized carbons (Fsp3) is 0.429. The van der Waals surface area contributed by atoms with E-state index in [2.05, 4.69) is 24.4 Å². The molecule has 0 aliphatic heterocycles. The molecule has 0 saturated heterocycles. The normalized spacial score (nSPS) is 12.6. The van der Waals surface area contributed by atoms with Crippen LogP contribution in [0.1, 0.15) is 59.0 Å².